The summed E-state index contributed by atoms with van der Waals surface area (Å²) in [5.74, 6) is 0. The van der Waals surface area contributed by atoms with Crippen LogP contribution in [-0.2, 0) is 10.3 Å². The van der Waals surface area contributed by atoms with Crippen LogP contribution in [0.2, 0.25) is 0 Å². The van der Waals surface area contributed by atoms with Crippen LogP contribution in [0.25, 0.3) is 0 Å². The lowest BCUT2D eigenvalue weighted by molar-refractivity contribution is -0.0667. The van der Waals surface area contributed by atoms with Crippen LogP contribution in [0.3, 0.4) is 0 Å². The van der Waals surface area contributed by atoms with Gasteiger partial charge in [-0.2, -0.15) is 0 Å². The van der Waals surface area contributed by atoms with E-state index < -0.39 is 6.10 Å². The number of thiazole rings is 1. The Hall–Kier alpha value is -0.450. The van der Waals surface area contributed by atoms with E-state index >= 15 is 0 Å². The van der Waals surface area contributed by atoms with Crippen molar-refractivity contribution in [1.82, 2.24) is 4.98 Å². The summed E-state index contributed by atoms with van der Waals surface area (Å²) in [6.45, 7) is 6.41. The standard InChI is InChI=1S/C14H23NO2S/c1-10(16)11-9-15-12(18-11)14(17-4)7-5-13(2,3)6-8-14/h9-10,16H,5-8H2,1-4H3. The van der Waals surface area contributed by atoms with Crippen LogP contribution in [0.1, 0.15) is 62.4 Å². The fourth-order valence-electron chi connectivity index (χ4n) is 2.53. The lowest BCUT2D eigenvalue weighted by Crippen LogP contribution is -2.36. The Morgan fingerprint density at radius 3 is 2.39 bits per heavy atom. The number of methoxy groups -OCH3 is 1. The first-order chi connectivity index (χ1) is 8.38. The molecule has 1 unspecified atom stereocenters. The Labute approximate surface area is 113 Å². The number of aliphatic hydroxyl groups excluding tert-OH is 1. The second-order valence-corrected chi connectivity index (χ2v) is 7.17. The molecule has 1 N–H and O–H groups in total. The maximum atomic E-state index is 9.60. The first-order valence-corrected chi connectivity index (χ1v) is 7.40. The molecular formula is C14H23NO2S. The lowest BCUT2D eigenvalue weighted by Gasteiger charge is -2.41. The minimum Gasteiger partial charge on any atom is -0.388 e. The maximum absolute atomic E-state index is 9.60. The van der Waals surface area contributed by atoms with E-state index in [4.69, 9.17) is 4.74 Å². The van der Waals surface area contributed by atoms with E-state index in [0.717, 1.165) is 35.6 Å². The second-order valence-electron chi connectivity index (χ2n) is 6.11. The zero-order chi connectivity index (χ0) is 13.4. The van der Waals surface area contributed by atoms with Gasteiger partial charge in [0, 0.05) is 13.3 Å². The molecule has 0 radical (unpaired) electrons. The first-order valence-electron chi connectivity index (χ1n) is 6.58. The molecule has 1 aliphatic carbocycles. The van der Waals surface area contributed by atoms with Gasteiger partial charge < -0.3 is 9.84 Å². The van der Waals surface area contributed by atoms with Gasteiger partial charge in [0.25, 0.3) is 0 Å². The third-order valence-corrected chi connectivity index (χ3v) is 5.48. The van der Waals surface area contributed by atoms with E-state index in [0.29, 0.717) is 5.41 Å². The van der Waals surface area contributed by atoms with Crippen LogP contribution < -0.4 is 0 Å². The molecule has 102 valence electrons. The molecule has 0 saturated heterocycles. The number of nitrogens with zero attached hydrogens (tertiary/aromatic N) is 1. The van der Waals surface area contributed by atoms with Crippen molar-refractivity contribution in [3.05, 3.63) is 16.1 Å². The average Bonchev–Trinajstić information content (AvgIpc) is 2.80. The van der Waals surface area contributed by atoms with E-state index in [9.17, 15) is 5.11 Å². The molecule has 18 heavy (non-hydrogen) atoms. The Kier molecular flexibility index (Phi) is 3.81. The first kappa shape index (κ1) is 14.0. The molecule has 1 aromatic heterocycles. The van der Waals surface area contributed by atoms with Crippen molar-refractivity contribution in [2.45, 2.75) is 58.2 Å². The Bertz CT molecular complexity index is 402. The predicted molar refractivity (Wildman–Crippen MR) is 73.7 cm³/mol. The molecule has 4 heteroatoms. The second kappa shape index (κ2) is 4.91. The van der Waals surface area contributed by atoms with Crippen LogP contribution in [0.15, 0.2) is 6.20 Å². The minimum absolute atomic E-state index is 0.229. The summed E-state index contributed by atoms with van der Waals surface area (Å²) in [4.78, 5) is 5.41. The highest BCUT2D eigenvalue weighted by molar-refractivity contribution is 7.11. The van der Waals surface area contributed by atoms with Crippen molar-refractivity contribution in [2.75, 3.05) is 7.11 Å². The summed E-state index contributed by atoms with van der Waals surface area (Å²) in [6.07, 6.45) is 5.69. The smallest absolute Gasteiger partial charge is 0.125 e. The molecule has 0 spiro atoms. The molecule has 0 aliphatic heterocycles. The van der Waals surface area contributed by atoms with Crippen molar-refractivity contribution in [1.29, 1.82) is 0 Å². The molecule has 1 saturated carbocycles. The Balaban J connectivity index is 2.22. The van der Waals surface area contributed by atoms with Gasteiger partial charge >= 0.3 is 0 Å². The molecule has 0 bridgehead atoms. The molecule has 3 nitrogen and oxygen atoms in total. The average molecular weight is 269 g/mol. The maximum Gasteiger partial charge on any atom is 0.125 e. The van der Waals surface area contributed by atoms with Gasteiger partial charge in [0.15, 0.2) is 0 Å². The van der Waals surface area contributed by atoms with Gasteiger partial charge in [-0.05, 0) is 38.0 Å². The highest BCUT2D eigenvalue weighted by atomic mass is 32.1. The Morgan fingerprint density at radius 1 is 1.33 bits per heavy atom. The van der Waals surface area contributed by atoms with Gasteiger partial charge in [0.2, 0.25) is 0 Å². The summed E-state index contributed by atoms with van der Waals surface area (Å²) >= 11 is 1.58. The van der Waals surface area contributed by atoms with Crippen LogP contribution in [0.4, 0.5) is 0 Å². The number of aromatic nitrogens is 1. The third kappa shape index (κ3) is 2.60. The highest BCUT2D eigenvalue weighted by Crippen LogP contribution is 2.48. The van der Waals surface area contributed by atoms with Gasteiger partial charge in [-0.15, -0.1) is 11.3 Å². The molecular weight excluding hydrogens is 246 g/mol. The number of aliphatic hydroxyl groups is 1. The normalized spacial score (nSPS) is 23.8. The summed E-state index contributed by atoms with van der Waals surface area (Å²) in [7, 11) is 1.78. The Morgan fingerprint density at radius 2 is 1.94 bits per heavy atom. The van der Waals surface area contributed by atoms with Crippen molar-refractivity contribution >= 4 is 11.3 Å². The molecule has 2 rings (SSSR count). The van der Waals surface area contributed by atoms with E-state index in [1.165, 1.54) is 0 Å². The van der Waals surface area contributed by atoms with Crippen LogP contribution in [-0.4, -0.2) is 17.2 Å². The fraction of sp³-hybridized carbons (Fsp3) is 0.786. The van der Waals surface area contributed by atoms with Gasteiger partial charge in [0.05, 0.1) is 11.0 Å². The van der Waals surface area contributed by atoms with Crippen LogP contribution >= 0.6 is 11.3 Å². The fourth-order valence-corrected chi connectivity index (χ4v) is 3.60. The molecule has 1 heterocycles. The number of hydrogen-bond acceptors (Lipinski definition) is 4. The van der Waals surface area contributed by atoms with Crippen molar-refractivity contribution < 1.29 is 9.84 Å². The highest BCUT2D eigenvalue weighted by Gasteiger charge is 2.42. The minimum atomic E-state index is -0.440. The van der Waals surface area contributed by atoms with E-state index in [1.807, 2.05) is 0 Å². The molecule has 1 fully saturated rings. The number of rotatable bonds is 3. The van der Waals surface area contributed by atoms with Crippen molar-refractivity contribution in [2.24, 2.45) is 5.41 Å². The molecule has 0 amide bonds. The quantitative estimate of drug-likeness (QED) is 0.911. The molecule has 1 aliphatic rings. The number of hydrogen-bond donors (Lipinski definition) is 1. The van der Waals surface area contributed by atoms with Gasteiger partial charge in [-0.1, -0.05) is 13.8 Å². The van der Waals surface area contributed by atoms with Crippen LogP contribution in [0.5, 0.6) is 0 Å². The van der Waals surface area contributed by atoms with Crippen molar-refractivity contribution in [3.63, 3.8) is 0 Å². The zero-order valence-corrected chi connectivity index (χ0v) is 12.5. The van der Waals surface area contributed by atoms with E-state index in [1.54, 1.807) is 31.6 Å². The van der Waals surface area contributed by atoms with Crippen LogP contribution in [0, 0.1) is 5.41 Å². The monoisotopic (exact) mass is 269 g/mol. The summed E-state index contributed by atoms with van der Waals surface area (Å²) < 4.78 is 5.82. The lowest BCUT2D eigenvalue weighted by atomic mass is 9.71. The molecule has 1 atom stereocenters. The largest absolute Gasteiger partial charge is 0.388 e. The molecule has 1 aromatic rings. The topological polar surface area (TPSA) is 42.4 Å². The summed E-state index contributed by atoms with van der Waals surface area (Å²) in [5, 5.41) is 10.6. The SMILES string of the molecule is COC1(c2ncc(C(C)O)s2)CCC(C)(C)CC1. The van der Waals surface area contributed by atoms with Gasteiger partial charge in [-0.3, -0.25) is 0 Å². The summed E-state index contributed by atoms with van der Waals surface area (Å²) in [6, 6.07) is 0. The third-order valence-electron chi connectivity index (χ3n) is 4.13. The van der Waals surface area contributed by atoms with E-state index in [2.05, 4.69) is 18.8 Å². The van der Waals surface area contributed by atoms with Gasteiger partial charge in [0.1, 0.15) is 10.6 Å². The predicted octanol–water partition coefficient (Wildman–Crippen LogP) is 3.64. The van der Waals surface area contributed by atoms with Crippen molar-refractivity contribution in [3.8, 4) is 0 Å². The van der Waals surface area contributed by atoms with Gasteiger partial charge in [-0.25, -0.2) is 4.98 Å². The zero-order valence-electron chi connectivity index (χ0n) is 11.7. The number of ether oxygens (including phenoxy) is 1. The summed E-state index contributed by atoms with van der Waals surface area (Å²) in [5.41, 5.74) is 0.180. The van der Waals surface area contributed by atoms with E-state index in [-0.39, 0.29) is 5.60 Å². The molecule has 0 aromatic carbocycles.